The zero-order chi connectivity index (χ0) is 23.7. The molecule has 0 saturated heterocycles. The van der Waals surface area contributed by atoms with Crippen LogP contribution in [0.15, 0.2) is 12.1 Å². The molecule has 1 aliphatic rings. The molecule has 0 radical (unpaired) electrons. The molecule has 1 aromatic rings. The number of fused-ring (bicyclic) bond motifs is 2. The number of ether oxygens (including phenoxy) is 1. The molecule has 0 fully saturated rings. The second-order valence-corrected chi connectivity index (χ2v) is 8.47. The third kappa shape index (κ3) is 9.42. The van der Waals surface area contributed by atoms with Gasteiger partial charge in [0.05, 0.1) is 31.0 Å². The zero-order valence-electron chi connectivity index (χ0n) is 17.3. The molecule has 13 heteroatoms. The maximum Gasteiger partial charge on any atom is 0.317 e. The van der Waals surface area contributed by atoms with E-state index in [4.69, 9.17) is 4.74 Å². The molecule has 1 aromatic heterocycles. The van der Waals surface area contributed by atoms with Crippen LogP contribution in [0.4, 0.5) is 0 Å². The van der Waals surface area contributed by atoms with Gasteiger partial charge < -0.3 is 20.1 Å². The van der Waals surface area contributed by atoms with Crippen molar-refractivity contribution in [3.05, 3.63) is 23.5 Å². The molecule has 0 amide bonds. The van der Waals surface area contributed by atoms with Gasteiger partial charge in [-0.1, -0.05) is 0 Å². The van der Waals surface area contributed by atoms with Crippen molar-refractivity contribution in [2.45, 2.75) is 13.1 Å². The first-order valence-corrected chi connectivity index (χ1v) is 10.8. The van der Waals surface area contributed by atoms with Crippen molar-refractivity contribution >= 4 is 44.3 Å². The molecular weight excluding hydrogens is 539 g/mol. The van der Waals surface area contributed by atoms with Gasteiger partial charge in [0.25, 0.3) is 0 Å². The van der Waals surface area contributed by atoms with Crippen molar-refractivity contribution < 1.29 is 39.2 Å². The molecule has 0 spiro atoms. The van der Waals surface area contributed by atoms with Gasteiger partial charge in [-0.2, -0.15) is 0 Å². The normalized spacial score (nSPS) is 16.5. The summed E-state index contributed by atoms with van der Waals surface area (Å²) in [6, 6.07) is 3.30. The van der Waals surface area contributed by atoms with E-state index in [1.807, 2.05) is 0 Å². The van der Waals surface area contributed by atoms with Gasteiger partial charge in [0, 0.05) is 61.9 Å². The molecule has 2 bridgehead atoms. The smallest absolute Gasteiger partial charge is 0.317 e. The average Bonchev–Trinajstić information content (AvgIpc) is 2.67. The van der Waals surface area contributed by atoms with E-state index in [9.17, 15) is 34.5 Å². The number of hydrogen-bond acceptors (Lipinski definition) is 9. The summed E-state index contributed by atoms with van der Waals surface area (Å²) < 4.78 is 5.32. The van der Waals surface area contributed by atoms with Gasteiger partial charge in [0.2, 0.25) is 3.79 Å². The molecular formula is C19H25IN4O8. The van der Waals surface area contributed by atoms with Crippen LogP contribution in [0, 0.1) is 0 Å². The first kappa shape index (κ1) is 25.9. The van der Waals surface area contributed by atoms with Crippen LogP contribution in [0.25, 0.3) is 0 Å². The van der Waals surface area contributed by atoms with Crippen LogP contribution in [0.2, 0.25) is 0 Å². The largest absolute Gasteiger partial charge is 0.483 e. The van der Waals surface area contributed by atoms with Crippen molar-refractivity contribution in [2.24, 2.45) is 0 Å². The van der Waals surface area contributed by atoms with Crippen LogP contribution in [0.1, 0.15) is 11.4 Å². The Morgan fingerprint density at radius 3 is 1.88 bits per heavy atom. The molecule has 0 unspecified atom stereocenters. The molecule has 3 N–H and O–H groups in total. The Balaban J connectivity index is 2.38. The first-order chi connectivity index (χ1) is 15.1. The second kappa shape index (κ2) is 12.6. The lowest BCUT2D eigenvalue weighted by Gasteiger charge is -2.29. The van der Waals surface area contributed by atoms with Crippen LogP contribution in [-0.4, -0.2) is 109 Å². The van der Waals surface area contributed by atoms with Crippen LogP contribution in [0.5, 0.6) is 5.75 Å². The SMILES string of the molecule is O=C(O)CN1CCN(CC(=O)O)Cc2ccc(OCC(=O)I)c(n2)CN(CC(=O)O)CC1. The van der Waals surface area contributed by atoms with Crippen molar-refractivity contribution in [3.63, 3.8) is 0 Å². The van der Waals surface area contributed by atoms with Gasteiger partial charge in [0.1, 0.15) is 5.75 Å². The van der Waals surface area contributed by atoms with Gasteiger partial charge >= 0.3 is 17.9 Å². The molecule has 0 saturated carbocycles. The summed E-state index contributed by atoms with van der Waals surface area (Å²) >= 11 is 1.61. The summed E-state index contributed by atoms with van der Waals surface area (Å²) in [5.41, 5.74) is 0.970. The number of hydrogen-bond donors (Lipinski definition) is 3. The van der Waals surface area contributed by atoms with E-state index in [0.29, 0.717) is 23.7 Å². The summed E-state index contributed by atoms with van der Waals surface area (Å²) in [5.74, 6) is -2.76. The fourth-order valence-electron chi connectivity index (χ4n) is 3.28. The fourth-order valence-corrected chi connectivity index (χ4v) is 3.44. The molecule has 176 valence electrons. The molecule has 0 aliphatic carbocycles. The topological polar surface area (TPSA) is 161 Å². The van der Waals surface area contributed by atoms with Gasteiger partial charge in [-0.15, -0.1) is 0 Å². The predicted molar refractivity (Wildman–Crippen MR) is 119 cm³/mol. The van der Waals surface area contributed by atoms with Crippen LogP contribution < -0.4 is 4.74 Å². The van der Waals surface area contributed by atoms with Crippen molar-refractivity contribution in [1.82, 2.24) is 19.7 Å². The molecule has 2 heterocycles. The zero-order valence-corrected chi connectivity index (χ0v) is 19.4. The molecule has 2 rings (SSSR count). The Kier molecular flexibility index (Phi) is 10.2. The highest BCUT2D eigenvalue weighted by atomic mass is 127. The van der Waals surface area contributed by atoms with Crippen LogP contribution >= 0.6 is 22.6 Å². The molecule has 0 aromatic carbocycles. The van der Waals surface area contributed by atoms with Gasteiger partial charge in [-0.05, 0) is 12.1 Å². The van der Waals surface area contributed by atoms with Crippen LogP contribution in [-0.2, 0) is 32.3 Å². The maximum atomic E-state index is 11.4. The number of halogens is 1. The van der Waals surface area contributed by atoms with E-state index in [2.05, 4.69) is 4.98 Å². The van der Waals surface area contributed by atoms with E-state index in [1.54, 1.807) is 49.4 Å². The molecule has 0 atom stereocenters. The number of nitrogens with zero attached hydrogens (tertiary/aromatic N) is 4. The Labute approximate surface area is 197 Å². The summed E-state index contributed by atoms with van der Waals surface area (Å²) in [7, 11) is 0. The standard InChI is InChI=1S/C19H25IN4O8/c20-16(25)12-32-15-2-1-13-7-23(10-18(28)29)5-3-22(9-17(26)27)4-6-24(11-19(30)31)8-14(15)21-13/h1-2H,3-12H2,(H,26,27)(H,28,29)(H,30,31). The number of carboxylic acid groups (broad SMARTS) is 3. The Morgan fingerprint density at radius 2 is 1.34 bits per heavy atom. The predicted octanol–water partition coefficient (Wildman–Crippen LogP) is -0.405. The van der Waals surface area contributed by atoms with Gasteiger partial charge in [-0.3, -0.25) is 38.9 Å². The number of carboxylic acids is 3. The Hall–Kier alpha value is -2.36. The molecule has 32 heavy (non-hydrogen) atoms. The summed E-state index contributed by atoms with van der Waals surface area (Å²) in [4.78, 5) is 54.7. The van der Waals surface area contributed by atoms with E-state index in [0.717, 1.165) is 0 Å². The summed E-state index contributed by atoms with van der Waals surface area (Å²) in [5, 5.41) is 27.7. The summed E-state index contributed by atoms with van der Waals surface area (Å²) in [6.07, 6.45) is 0. The minimum Gasteiger partial charge on any atom is -0.483 e. The highest BCUT2D eigenvalue weighted by Gasteiger charge is 2.21. The number of carbonyl (C=O) groups excluding carboxylic acids is 1. The number of aliphatic carboxylic acids is 3. The third-order valence-corrected chi connectivity index (χ3v) is 4.94. The van der Waals surface area contributed by atoms with E-state index in [-0.39, 0.29) is 62.8 Å². The van der Waals surface area contributed by atoms with E-state index >= 15 is 0 Å². The molecule has 1 aliphatic heterocycles. The van der Waals surface area contributed by atoms with Crippen molar-refractivity contribution in [1.29, 1.82) is 0 Å². The average molecular weight is 564 g/mol. The lowest BCUT2D eigenvalue weighted by Crippen LogP contribution is -2.44. The van der Waals surface area contributed by atoms with Crippen molar-refractivity contribution in [2.75, 3.05) is 52.4 Å². The number of aromatic nitrogens is 1. The Bertz CT molecular complexity index is 853. The number of rotatable bonds is 9. The highest BCUT2D eigenvalue weighted by molar-refractivity contribution is 14.1. The van der Waals surface area contributed by atoms with Crippen molar-refractivity contribution in [3.8, 4) is 5.75 Å². The summed E-state index contributed by atoms with van der Waals surface area (Å²) in [6.45, 7) is 0.437. The lowest BCUT2D eigenvalue weighted by atomic mass is 10.2. The fraction of sp³-hybridized carbons (Fsp3) is 0.526. The maximum absolute atomic E-state index is 11.4. The van der Waals surface area contributed by atoms with E-state index in [1.165, 1.54) is 0 Å². The minimum absolute atomic E-state index is 0.102. The third-order valence-electron chi connectivity index (χ3n) is 4.63. The van der Waals surface area contributed by atoms with Crippen LogP contribution in [0.3, 0.4) is 0 Å². The molecule has 12 nitrogen and oxygen atoms in total. The monoisotopic (exact) mass is 564 g/mol. The first-order valence-electron chi connectivity index (χ1n) is 9.74. The number of carbonyl (C=O) groups is 4. The van der Waals surface area contributed by atoms with E-state index < -0.39 is 17.9 Å². The highest BCUT2D eigenvalue weighted by Crippen LogP contribution is 2.21. The second-order valence-electron chi connectivity index (χ2n) is 7.27. The van der Waals surface area contributed by atoms with Gasteiger partial charge in [-0.25, -0.2) is 0 Å². The Morgan fingerprint density at radius 1 is 0.844 bits per heavy atom. The minimum atomic E-state index is -1.05. The van der Waals surface area contributed by atoms with Gasteiger partial charge in [0.15, 0.2) is 6.61 Å². The number of pyridine rings is 1. The quantitative estimate of drug-likeness (QED) is 0.263. The lowest BCUT2D eigenvalue weighted by molar-refractivity contribution is -0.140.